The molecule has 26 heavy (non-hydrogen) atoms. The van der Waals surface area contributed by atoms with Gasteiger partial charge in [-0.15, -0.1) is 0 Å². The second-order valence-corrected chi connectivity index (χ2v) is 8.65. The minimum atomic E-state index is -0.802. The van der Waals surface area contributed by atoms with E-state index in [-0.39, 0.29) is 6.17 Å². The third kappa shape index (κ3) is 5.34. The fraction of sp³-hybridized carbons (Fsp3) is 0.762. The lowest BCUT2D eigenvalue weighted by Gasteiger charge is -2.45. The number of ether oxygens (including phenoxy) is 1. The van der Waals surface area contributed by atoms with Crippen molar-refractivity contribution in [2.75, 3.05) is 32.8 Å². The van der Waals surface area contributed by atoms with Crippen LogP contribution in [0.25, 0.3) is 0 Å². The zero-order chi connectivity index (χ0) is 19.3. The SMILES string of the molecule is CCCC1=C(C(=O)O)C(C)=CC(N2CCOCC2)N1CCCC(C)(C)C. The maximum Gasteiger partial charge on any atom is 0.337 e. The number of rotatable bonds is 7. The Morgan fingerprint density at radius 1 is 1.31 bits per heavy atom. The molecular formula is C21H36N2O3. The van der Waals surface area contributed by atoms with Gasteiger partial charge in [0.1, 0.15) is 6.17 Å². The van der Waals surface area contributed by atoms with Crippen LogP contribution in [0.2, 0.25) is 0 Å². The molecule has 2 aliphatic rings. The average molecular weight is 365 g/mol. The number of hydrogen-bond acceptors (Lipinski definition) is 4. The summed E-state index contributed by atoms with van der Waals surface area (Å²) in [6.07, 6.45) is 6.24. The predicted molar refractivity (Wildman–Crippen MR) is 105 cm³/mol. The van der Waals surface area contributed by atoms with Gasteiger partial charge in [0.25, 0.3) is 0 Å². The predicted octanol–water partition coefficient (Wildman–Crippen LogP) is 3.87. The second-order valence-electron chi connectivity index (χ2n) is 8.65. The molecule has 0 amide bonds. The Labute approximate surface area is 158 Å². The van der Waals surface area contributed by atoms with Crippen LogP contribution >= 0.6 is 0 Å². The second kappa shape index (κ2) is 9.05. The van der Waals surface area contributed by atoms with Crippen molar-refractivity contribution in [2.24, 2.45) is 5.41 Å². The van der Waals surface area contributed by atoms with Crippen LogP contribution in [0, 0.1) is 5.41 Å². The summed E-state index contributed by atoms with van der Waals surface area (Å²) in [6.45, 7) is 15.0. The molecule has 1 saturated heterocycles. The van der Waals surface area contributed by atoms with Crippen molar-refractivity contribution in [3.63, 3.8) is 0 Å². The van der Waals surface area contributed by atoms with E-state index < -0.39 is 5.97 Å². The Kier molecular flexibility index (Phi) is 7.30. The molecule has 0 aromatic carbocycles. The lowest BCUT2D eigenvalue weighted by atomic mass is 9.90. The highest BCUT2D eigenvalue weighted by atomic mass is 16.5. The summed E-state index contributed by atoms with van der Waals surface area (Å²) >= 11 is 0. The van der Waals surface area contributed by atoms with Gasteiger partial charge in [0.15, 0.2) is 0 Å². The van der Waals surface area contributed by atoms with E-state index >= 15 is 0 Å². The van der Waals surface area contributed by atoms with Crippen molar-refractivity contribution in [3.8, 4) is 0 Å². The smallest absolute Gasteiger partial charge is 0.337 e. The van der Waals surface area contributed by atoms with Crippen molar-refractivity contribution in [3.05, 3.63) is 22.9 Å². The molecule has 5 heteroatoms. The van der Waals surface area contributed by atoms with Crippen molar-refractivity contribution < 1.29 is 14.6 Å². The first-order chi connectivity index (χ1) is 12.2. The number of allylic oxidation sites excluding steroid dienone is 1. The summed E-state index contributed by atoms with van der Waals surface area (Å²) in [5.41, 5.74) is 2.70. The molecule has 1 N–H and O–H groups in total. The van der Waals surface area contributed by atoms with E-state index in [2.05, 4.69) is 43.6 Å². The maximum absolute atomic E-state index is 12.0. The summed E-state index contributed by atoms with van der Waals surface area (Å²) < 4.78 is 5.53. The Bertz CT molecular complexity index is 554. The number of hydrogen-bond donors (Lipinski definition) is 1. The quantitative estimate of drug-likeness (QED) is 0.743. The van der Waals surface area contributed by atoms with Gasteiger partial charge in [0, 0.05) is 25.3 Å². The molecular weight excluding hydrogens is 328 g/mol. The summed E-state index contributed by atoms with van der Waals surface area (Å²) in [7, 11) is 0. The standard InChI is InChI=1S/C21H36N2O3/c1-6-8-17-19(20(24)25)16(2)15-18(22-11-13-26-14-12-22)23(17)10-7-9-21(3,4)5/h15,18H,6-14H2,1-5H3,(H,24,25). The van der Waals surface area contributed by atoms with Crippen LogP contribution in [-0.4, -0.2) is 59.9 Å². The fourth-order valence-electron chi connectivity index (χ4n) is 3.92. The highest BCUT2D eigenvalue weighted by molar-refractivity contribution is 5.92. The normalized spacial score (nSPS) is 22.6. The number of carbonyl (C=O) groups is 1. The minimum absolute atomic E-state index is 0.142. The third-order valence-corrected chi connectivity index (χ3v) is 5.19. The number of nitrogens with zero attached hydrogens (tertiary/aromatic N) is 2. The molecule has 0 aromatic heterocycles. The Balaban J connectivity index is 2.31. The average Bonchev–Trinajstić information content (AvgIpc) is 2.56. The van der Waals surface area contributed by atoms with E-state index in [1.165, 1.54) is 0 Å². The van der Waals surface area contributed by atoms with Gasteiger partial charge in [-0.25, -0.2) is 4.79 Å². The van der Waals surface area contributed by atoms with Crippen LogP contribution in [0.5, 0.6) is 0 Å². The highest BCUT2D eigenvalue weighted by Gasteiger charge is 2.33. The van der Waals surface area contributed by atoms with Crippen LogP contribution in [-0.2, 0) is 9.53 Å². The summed E-state index contributed by atoms with van der Waals surface area (Å²) in [5, 5.41) is 9.82. The van der Waals surface area contributed by atoms with Crippen molar-refractivity contribution >= 4 is 5.97 Å². The lowest BCUT2D eigenvalue weighted by Crippen LogP contribution is -2.53. The zero-order valence-electron chi connectivity index (χ0n) is 17.2. The molecule has 0 saturated carbocycles. The molecule has 0 radical (unpaired) electrons. The van der Waals surface area contributed by atoms with E-state index in [1.54, 1.807) is 0 Å². The number of carboxylic acid groups (broad SMARTS) is 1. The minimum Gasteiger partial charge on any atom is -0.478 e. The van der Waals surface area contributed by atoms with Gasteiger partial charge in [0.05, 0.1) is 18.8 Å². The molecule has 0 bridgehead atoms. The van der Waals surface area contributed by atoms with Crippen LogP contribution in [0.15, 0.2) is 22.9 Å². The molecule has 0 aromatic rings. The van der Waals surface area contributed by atoms with Gasteiger partial charge in [-0.2, -0.15) is 0 Å². The van der Waals surface area contributed by atoms with E-state index in [4.69, 9.17) is 4.74 Å². The van der Waals surface area contributed by atoms with Crippen molar-refractivity contribution in [1.29, 1.82) is 0 Å². The van der Waals surface area contributed by atoms with Crippen molar-refractivity contribution in [1.82, 2.24) is 9.80 Å². The van der Waals surface area contributed by atoms with E-state index in [0.29, 0.717) is 11.0 Å². The third-order valence-electron chi connectivity index (χ3n) is 5.19. The molecule has 148 valence electrons. The first kappa shape index (κ1) is 21.0. The van der Waals surface area contributed by atoms with E-state index in [0.717, 1.165) is 69.8 Å². The Hall–Kier alpha value is -1.33. The van der Waals surface area contributed by atoms with E-state index in [1.807, 2.05) is 6.92 Å². The fourth-order valence-corrected chi connectivity index (χ4v) is 3.92. The molecule has 1 atom stereocenters. The highest BCUT2D eigenvalue weighted by Crippen LogP contribution is 2.33. The summed E-state index contributed by atoms with van der Waals surface area (Å²) in [4.78, 5) is 16.7. The van der Waals surface area contributed by atoms with Crippen molar-refractivity contribution in [2.45, 2.75) is 66.5 Å². The van der Waals surface area contributed by atoms with E-state index in [9.17, 15) is 9.90 Å². The van der Waals surface area contributed by atoms with Gasteiger partial charge in [0.2, 0.25) is 0 Å². The zero-order valence-corrected chi connectivity index (χ0v) is 17.2. The lowest BCUT2D eigenvalue weighted by molar-refractivity contribution is -0.132. The molecule has 1 unspecified atom stereocenters. The largest absolute Gasteiger partial charge is 0.478 e. The molecule has 2 heterocycles. The summed E-state index contributed by atoms with van der Waals surface area (Å²) in [6, 6.07) is 0. The number of carboxylic acids is 1. The van der Waals surface area contributed by atoms with Crippen LogP contribution in [0.1, 0.15) is 60.3 Å². The molecule has 2 aliphatic heterocycles. The summed E-state index contributed by atoms with van der Waals surface area (Å²) in [5.74, 6) is -0.802. The topological polar surface area (TPSA) is 53.0 Å². The number of aliphatic carboxylic acids is 1. The monoisotopic (exact) mass is 364 g/mol. The first-order valence-corrected chi connectivity index (χ1v) is 9.98. The Morgan fingerprint density at radius 2 is 1.96 bits per heavy atom. The molecule has 2 rings (SSSR count). The van der Waals surface area contributed by atoms with Gasteiger partial charge >= 0.3 is 5.97 Å². The number of morpholine rings is 1. The molecule has 0 spiro atoms. The van der Waals surface area contributed by atoms with Gasteiger partial charge < -0.3 is 14.7 Å². The van der Waals surface area contributed by atoms with Gasteiger partial charge in [-0.05, 0) is 43.3 Å². The van der Waals surface area contributed by atoms with Crippen LogP contribution in [0.3, 0.4) is 0 Å². The molecule has 5 nitrogen and oxygen atoms in total. The molecule has 0 aliphatic carbocycles. The van der Waals surface area contributed by atoms with Crippen LogP contribution in [0.4, 0.5) is 0 Å². The van der Waals surface area contributed by atoms with Gasteiger partial charge in [-0.3, -0.25) is 4.90 Å². The van der Waals surface area contributed by atoms with Crippen LogP contribution < -0.4 is 0 Å². The first-order valence-electron chi connectivity index (χ1n) is 9.98. The maximum atomic E-state index is 12.0. The van der Waals surface area contributed by atoms with Gasteiger partial charge in [-0.1, -0.05) is 34.1 Å². The molecule has 1 fully saturated rings. The Morgan fingerprint density at radius 3 is 2.50 bits per heavy atom.